The van der Waals surface area contributed by atoms with Crippen molar-refractivity contribution in [3.8, 4) is 5.75 Å². The number of hydrogen-bond acceptors (Lipinski definition) is 2. The van der Waals surface area contributed by atoms with Gasteiger partial charge in [0.15, 0.2) is 6.23 Å². The first kappa shape index (κ1) is 14.2. The van der Waals surface area contributed by atoms with Gasteiger partial charge in [-0.25, -0.2) is 0 Å². The van der Waals surface area contributed by atoms with Crippen molar-refractivity contribution in [3.63, 3.8) is 0 Å². The van der Waals surface area contributed by atoms with Gasteiger partial charge in [0, 0.05) is 19.0 Å². The summed E-state index contributed by atoms with van der Waals surface area (Å²) >= 11 is 6.34. The Kier molecular flexibility index (Phi) is 4.52. The zero-order valence-electron chi connectivity index (χ0n) is 12.3. The molecular weight excluding hydrogens is 270 g/mol. The van der Waals surface area contributed by atoms with Gasteiger partial charge in [-0.05, 0) is 50.3 Å². The van der Waals surface area contributed by atoms with E-state index in [2.05, 4.69) is 17.9 Å². The van der Waals surface area contributed by atoms with E-state index in [1.807, 2.05) is 12.1 Å². The van der Waals surface area contributed by atoms with Crippen molar-refractivity contribution in [1.82, 2.24) is 4.90 Å². The van der Waals surface area contributed by atoms with Crippen molar-refractivity contribution in [2.45, 2.75) is 51.7 Å². The monoisotopic (exact) mass is 293 g/mol. The molecule has 110 valence electrons. The Hall–Kier alpha value is -0.730. The van der Waals surface area contributed by atoms with Crippen molar-refractivity contribution < 1.29 is 4.74 Å². The topological polar surface area (TPSA) is 12.5 Å². The molecule has 2 nitrogen and oxygen atoms in total. The van der Waals surface area contributed by atoms with Crippen molar-refractivity contribution in [2.75, 3.05) is 13.1 Å². The van der Waals surface area contributed by atoms with E-state index < -0.39 is 0 Å². The molecule has 1 aliphatic heterocycles. The molecule has 0 bridgehead atoms. The Morgan fingerprint density at radius 1 is 1.15 bits per heavy atom. The fraction of sp³-hybridized carbons (Fsp3) is 0.647. The first-order valence-corrected chi connectivity index (χ1v) is 8.29. The Morgan fingerprint density at radius 2 is 1.85 bits per heavy atom. The Balaban J connectivity index is 1.77. The molecule has 2 aliphatic rings. The lowest BCUT2D eigenvalue weighted by Crippen LogP contribution is -2.42. The van der Waals surface area contributed by atoms with Crippen LogP contribution in [0.4, 0.5) is 0 Å². The predicted octanol–water partition coefficient (Wildman–Crippen LogP) is 4.64. The molecule has 0 N–H and O–H groups in total. The van der Waals surface area contributed by atoms with Crippen LogP contribution in [0, 0.1) is 12.8 Å². The van der Waals surface area contributed by atoms with Gasteiger partial charge in [0.25, 0.3) is 0 Å². The van der Waals surface area contributed by atoms with Crippen LogP contribution in [0.15, 0.2) is 18.2 Å². The first-order chi connectivity index (χ1) is 9.74. The first-order valence-electron chi connectivity index (χ1n) is 7.91. The number of nitrogens with zero attached hydrogens (tertiary/aromatic N) is 1. The second kappa shape index (κ2) is 6.36. The van der Waals surface area contributed by atoms with E-state index in [0.29, 0.717) is 5.92 Å². The molecule has 3 heteroatoms. The third-order valence-corrected chi connectivity index (χ3v) is 4.93. The Labute approximate surface area is 127 Å². The average molecular weight is 294 g/mol. The molecule has 0 radical (unpaired) electrons. The largest absolute Gasteiger partial charge is 0.473 e. The summed E-state index contributed by atoms with van der Waals surface area (Å²) in [7, 11) is 0. The van der Waals surface area contributed by atoms with Crippen LogP contribution in [-0.2, 0) is 0 Å². The van der Waals surface area contributed by atoms with Crippen LogP contribution in [0.2, 0.25) is 5.02 Å². The van der Waals surface area contributed by atoms with Gasteiger partial charge >= 0.3 is 0 Å². The summed E-state index contributed by atoms with van der Waals surface area (Å²) in [5, 5.41) is 0.743. The van der Waals surface area contributed by atoms with Gasteiger partial charge in [0.05, 0.1) is 5.02 Å². The molecule has 3 rings (SSSR count). The number of rotatable bonds is 4. The minimum absolute atomic E-state index is 0.222. The van der Waals surface area contributed by atoms with Crippen molar-refractivity contribution >= 4 is 11.6 Å². The second-order valence-electron chi connectivity index (χ2n) is 6.23. The number of aryl methyl sites for hydroxylation is 1. The molecule has 1 aromatic carbocycles. The van der Waals surface area contributed by atoms with Crippen LogP contribution in [0.1, 0.15) is 44.1 Å². The highest BCUT2D eigenvalue weighted by molar-refractivity contribution is 6.32. The third-order valence-electron chi connectivity index (χ3n) is 4.64. The van der Waals surface area contributed by atoms with E-state index in [-0.39, 0.29) is 6.23 Å². The molecular formula is C17H24ClNO. The van der Waals surface area contributed by atoms with Crippen LogP contribution in [0.5, 0.6) is 5.75 Å². The Morgan fingerprint density at radius 3 is 2.50 bits per heavy atom. The van der Waals surface area contributed by atoms with Gasteiger partial charge in [0.2, 0.25) is 0 Å². The number of halogens is 1. The fourth-order valence-electron chi connectivity index (χ4n) is 3.54. The molecule has 0 spiro atoms. The standard InChI is InChI=1S/C17H24ClNO/c1-13-8-9-16(15(18)12-13)20-17(14-6-2-3-7-14)19-10-4-5-11-19/h8-9,12,14,17H,2-7,10-11H2,1H3. The zero-order chi connectivity index (χ0) is 13.9. The van der Waals surface area contributed by atoms with E-state index in [0.717, 1.165) is 10.8 Å². The zero-order valence-corrected chi connectivity index (χ0v) is 13.0. The van der Waals surface area contributed by atoms with E-state index in [9.17, 15) is 0 Å². The van der Waals surface area contributed by atoms with Crippen molar-refractivity contribution in [3.05, 3.63) is 28.8 Å². The Bertz CT molecular complexity index is 434. The maximum atomic E-state index is 6.36. The van der Waals surface area contributed by atoms with Crippen LogP contribution >= 0.6 is 11.6 Å². The number of hydrogen-bond donors (Lipinski definition) is 0. The maximum Gasteiger partial charge on any atom is 0.155 e. The number of benzene rings is 1. The summed E-state index contributed by atoms with van der Waals surface area (Å²) in [6, 6.07) is 6.10. The highest BCUT2D eigenvalue weighted by Gasteiger charge is 2.33. The van der Waals surface area contributed by atoms with Gasteiger partial charge < -0.3 is 4.74 Å². The van der Waals surface area contributed by atoms with E-state index in [4.69, 9.17) is 16.3 Å². The summed E-state index contributed by atoms with van der Waals surface area (Å²) in [6.07, 6.45) is 8.11. The smallest absolute Gasteiger partial charge is 0.155 e. The minimum atomic E-state index is 0.222. The second-order valence-corrected chi connectivity index (χ2v) is 6.64. The molecule has 1 unspecified atom stereocenters. The number of ether oxygens (including phenoxy) is 1. The molecule has 0 aromatic heterocycles. The van der Waals surface area contributed by atoms with Gasteiger partial charge in [-0.15, -0.1) is 0 Å². The van der Waals surface area contributed by atoms with Gasteiger partial charge in [-0.2, -0.15) is 0 Å². The summed E-state index contributed by atoms with van der Waals surface area (Å²) in [4.78, 5) is 2.52. The van der Waals surface area contributed by atoms with Crippen molar-refractivity contribution in [1.29, 1.82) is 0 Å². The molecule has 1 saturated carbocycles. The molecule has 0 amide bonds. The molecule has 1 saturated heterocycles. The highest BCUT2D eigenvalue weighted by atomic mass is 35.5. The average Bonchev–Trinajstić information content (AvgIpc) is 3.11. The molecule has 1 atom stereocenters. The summed E-state index contributed by atoms with van der Waals surface area (Å²) in [6.45, 7) is 4.40. The van der Waals surface area contributed by atoms with Crippen LogP contribution < -0.4 is 4.74 Å². The normalized spacial score (nSPS) is 22.3. The third kappa shape index (κ3) is 3.12. The minimum Gasteiger partial charge on any atom is -0.473 e. The van der Waals surface area contributed by atoms with E-state index in [1.165, 1.54) is 57.2 Å². The lowest BCUT2D eigenvalue weighted by atomic mass is 10.1. The summed E-state index contributed by atoms with van der Waals surface area (Å²) in [5.74, 6) is 1.52. The van der Waals surface area contributed by atoms with Crippen LogP contribution in [0.3, 0.4) is 0 Å². The van der Waals surface area contributed by atoms with Gasteiger partial charge in [0.1, 0.15) is 5.75 Å². The number of likely N-dealkylation sites (tertiary alicyclic amines) is 1. The van der Waals surface area contributed by atoms with Gasteiger partial charge in [-0.1, -0.05) is 30.5 Å². The SMILES string of the molecule is Cc1ccc(OC(C2CCCC2)N2CCCC2)c(Cl)c1. The molecule has 1 heterocycles. The molecule has 1 aromatic rings. The predicted molar refractivity (Wildman–Crippen MR) is 83.4 cm³/mol. The lowest BCUT2D eigenvalue weighted by molar-refractivity contribution is -0.00298. The molecule has 1 aliphatic carbocycles. The van der Waals surface area contributed by atoms with Crippen molar-refractivity contribution in [2.24, 2.45) is 5.92 Å². The van der Waals surface area contributed by atoms with E-state index >= 15 is 0 Å². The van der Waals surface area contributed by atoms with Crippen LogP contribution in [-0.4, -0.2) is 24.2 Å². The maximum absolute atomic E-state index is 6.36. The highest BCUT2D eigenvalue weighted by Crippen LogP contribution is 2.35. The van der Waals surface area contributed by atoms with E-state index in [1.54, 1.807) is 0 Å². The fourth-order valence-corrected chi connectivity index (χ4v) is 3.82. The van der Waals surface area contributed by atoms with Crippen LogP contribution in [0.25, 0.3) is 0 Å². The van der Waals surface area contributed by atoms with Gasteiger partial charge in [-0.3, -0.25) is 4.90 Å². The molecule has 20 heavy (non-hydrogen) atoms. The summed E-state index contributed by atoms with van der Waals surface area (Å²) in [5.41, 5.74) is 1.18. The summed E-state index contributed by atoms with van der Waals surface area (Å²) < 4.78 is 6.36. The molecule has 2 fully saturated rings. The lowest BCUT2D eigenvalue weighted by Gasteiger charge is -2.33. The quantitative estimate of drug-likeness (QED) is 0.802.